The summed E-state index contributed by atoms with van der Waals surface area (Å²) in [5.74, 6) is 0.354. The van der Waals surface area contributed by atoms with Gasteiger partial charge in [0, 0.05) is 6.04 Å². The minimum atomic E-state index is -0.147. The number of benzene rings is 2. The molecular weight excluding hydrogens is 288 g/mol. The molecule has 0 spiro atoms. The Morgan fingerprint density at radius 3 is 2.62 bits per heavy atom. The van der Waals surface area contributed by atoms with E-state index in [2.05, 4.69) is 9.55 Å². The molecular formula is C16H13ClN2O2. The first-order valence-corrected chi connectivity index (χ1v) is 7.22. The molecule has 0 bridgehead atoms. The standard InChI is InChI=1S/C16H13ClN2O2/c17-11-4-2-5-12-14(11)19(9-7-8-9)16(18-12)10-3-1-6-13(20)15(10)21/h1-6,9,20-21H,7-8H2. The van der Waals surface area contributed by atoms with Crippen LogP contribution in [0.15, 0.2) is 36.4 Å². The van der Waals surface area contributed by atoms with Crippen LogP contribution < -0.4 is 0 Å². The summed E-state index contributed by atoms with van der Waals surface area (Å²) >= 11 is 6.33. The van der Waals surface area contributed by atoms with Crippen molar-refractivity contribution in [3.63, 3.8) is 0 Å². The van der Waals surface area contributed by atoms with Gasteiger partial charge in [-0.25, -0.2) is 4.98 Å². The maximum atomic E-state index is 10.1. The van der Waals surface area contributed by atoms with Crippen molar-refractivity contribution >= 4 is 22.6 Å². The van der Waals surface area contributed by atoms with Crippen LogP contribution in [-0.2, 0) is 0 Å². The number of nitrogens with zero attached hydrogens (tertiary/aromatic N) is 2. The van der Waals surface area contributed by atoms with E-state index in [1.807, 2.05) is 18.2 Å². The lowest BCUT2D eigenvalue weighted by molar-refractivity contribution is 0.404. The average molecular weight is 301 g/mol. The molecule has 0 atom stereocenters. The van der Waals surface area contributed by atoms with E-state index in [0.29, 0.717) is 22.5 Å². The van der Waals surface area contributed by atoms with Crippen LogP contribution in [0, 0.1) is 0 Å². The van der Waals surface area contributed by atoms with Gasteiger partial charge in [-0.1, -0.05) is 23.7 Å². The van der Waals surface area contributed by atoms with Gasteiger partial charge in [0.25, 0.3) is 0 Å². The summed E-state index contributed by atoms with van der Waals surface area (Å²) in [4.78, 5) is 4.61. The fraction of sp³-hybridized carbons (Fsp3) is 0.188. The number of fused-ring (bicyclic) bond motifs is 1. The largest absolute Gasteiger partial charge is 0.504 e. The van der Waals surface area contributed by atoms with Gasteiger partial charge in [-0.05, 0) is 37.1 Å². The van der Waals surface area contributed by atoms with Gasteiger partial charge in [0.2, 0.25) is 0 Å². The Morgan fingerprint density at radius 1 is 1.10 bits per heavy atom. The molecule has 2 N–H and O–H groups in total. The van der Waals surface area contributed by atoms with Crippen LogP contribution in [0.25, 0.3) is 22.4 Å². The van der Waals surface area contributed by atoms with E-state index in [1.165, 1.54) is 6.07 Å². The van der Waals surface area contributed by atoms with Gasteiger partial charge in [-0.2, -0.15) is 0 Å². The van der Waals surface area contributed by atoms with Crippen molar-refractivity contribution in [2.24, 2.45) is 0 Å². The minimum absolute atomic E-state index is 0.145. The van der Waals surface area contributed by atoms with Crippen LogP contribution in [-0.4, -0.2) is 19.8 Å². The van der Waals surface area contributed by atoms with Crippen LogP contribution in [0.4, 0.5) is 0 Å². The molecule has 0 unspecified atom stereocenters. The maximum absolute atomic E-state index is 10.1. The van der Waals surface area contributed by atoms with Crippen molar-refractivity contribution in [2.75, 3.05) is 0 Å². The zero-order valence-corrected chi connectivity index (χ0v) is 11.9. The number of phenols is 2. The molecule has 1 saturated carbocycles. The minimum Gasteiger partial charge on any atom is -0.504 e. The number of aromatic nitrogens is 2. The zero-order chi connectivity index (χ0) is 14.6. The Balaban J connectivity index is 2.07. The van der Waals surface area contributed by atoms with E-state index >= 15 is 0 Å². The van der Waals surface area contributed by atoms with Crippen molar-refractivity contribution in [3.05, 3.63) is 41.4 Å². The van der Waals surface area contributed by atoms with Gasteiger partial charge in [0.15, 0.2) is 11.5 Å². The molecule has 21 heavy (non-hydrogen) atoms. The second-order valence-corrected chi connectivity index (χ2v) is 5.72. The number of para-hydroxylation sites is 2. The van der Waals surface area contributed by atoms with E-state index in [0.717, 1.165) is 23.9 Å². The van der Waals surface area contributed by atoms with Crippen LogP contribution in [0.1, 0.15) is 18.9 Å². The summed E-state index contributed by atoms with van der Waals surface area (Å²) in [5.41, 5.74) is 2.21. The summed E-state index contributed by atoms with van der Waals surface area (Å²) < 4.78 is 2.08. The van der Waals surface area contributed by atoms with Gasteiger partial charge in [-0.15, -0.1) is 0 Å². The number of halogens is 1. The second-order valence-electron chi connectivity index (χ2n) is 5.32. The molecule has 0 amide bonds. The molecule has 1 aromatic heterocycles. The van der Waals surface area contributed by atoms with Crippen LogP contribution >= 0.6 is 11.6 Å². The van der Waals surface area contributed by atoms with Crippen molar-refractivity contribution in [2.45, 2.75) is 18.9 Å². The monoisotopic (exact) mass is 300 g/mol. The fourth-order valence-electron chi connectivity index (χ4n) is 2.70. The van der Waals surface area contributed by atoms with E-state index in [9.17, 15) is 10.2 Å². The molecule has 3 aromatic rings. The molecule has 1 aliphatic rings. The summed E-state index contributed by atoms with van der Waals surface area (Å²) in [6, 6.07) is 10.9. The Bertz CT molecular complexity index is 853. The third-order valence-corrected chi connectivity index (χ3v) is 4.13. The molecule has 0 saturated heterocycles. The molecule has 4 nitrogen and oxygen atoms in total. The summed E-state index contributed by atoms with van der Waals surface area (Å²) in [7, 11) is 0. The van der Waals surface area contributed by atoms with Crippen LogP contribution in [0.5, 0.6) is 11.5 Å². The Morgan fingerprint density at radius 2 is 1.86 bits per heavy atom. The highest BCUT2D eigenvalue weighted by atomic mass is 35.5. The van der Waals surface area contributed by atoms with Crippen molar-refractivity contribution in [1.29, 1.82) is 0 Å². The molecule has 1 aliphatic carbocycles. The summed E-state index contributed by atoms with van der Waals surface area (Å²) in [5, 5.41) is 20.5. The first-order chi connectivity index (χ1) is 10.2. The zero-order valence-electron chi connectivity index (χ0n) is 11.1. The molecule has 0 radical (unpaired) electrons. The smallest absolute Gasteiger partial charge is 0.168 e. The predicted octanol–water partition coefficient (Wildman–Crippen LogP) is 4.10. The third-order valence-electron chi connectivity index (χ3n) is 3.83. The quantitative estimate of drug-likeness (QED) is 0.700. The summed E-state index contributed by atoms with van der Waals surface area (Å²) in [6.07, 6.45) is 2.15. The lowest BCUT2D eigenvalue weighted by atomic mass is 10.1. The lowest BCUT2D eigenvalue weighted by Gasteiger charge is -2.10. The van der Waals surface area contributed by atoms with E-state index in [4.69, 9.17) is 11.6 Å². The number of aromatic hydroxyl groups is 2. The Hall–Kier alpha value is -2.20. The normalized spacial score (nSPS) is 14.7. The second kappa shape index (κ2) is 4.40. The number of hydrogen-bond donors (Lipinski definition) is 2. The third kappa shape index (κ3) is 1.87. The van der Waals surface area contributed by atoms with E-state index in [1.54, 1.807) is 12.1 Å². The van der Waals surface area contributed by atoms with Gasteiger partial charge < -0.3 is 14.8 Å². The highest BCUT2D eigenvalue weighted by Crippen LogP contribution is 2.45. The molecule has 1 heterocycles. The highest BCUT2D eigenvalue weighted by Gasteiger charge is 2.30. The fourth-order valence-corrected chi connectivity index (χ4v) is 2.96. The maximum Gasteiger partial charge on any atom is 0.168 e. The van der Waals surface area contributed by atoms with Crippen LogP contribution in [0.3, 0.4) is 0 Å². The molecule has 5 heteroatoms. The van der Waals surface area contributed by atoms with Crippen LogP contribution in [0.2, 0.25) is 5.02 Å². The molecule has 0 aliphatic heterocycles. The van der Waals surface area contributed by atoms with Gasteiger partial charge in [-0.3, -0.25) is 0 Å². The lowest BCUT2D eigenvalue weighted by Crippen LogP contribution is -1.98. The Kier molecular flexibility index (Phi) is 2.62. The summed E-state index contributed by atoms with van der Waals surface area (Å²) in [6.45, 7) is 0. The highest BCUT2D eigenvalue weighted by molar-refractivity contribution is 6.35. The predicted molar refractivity (Wildman–Crippen MR) is 81.8 cm³/mol. The van der Waals surface area contributed by atoms with Crippen molar-refractivity contribution in [3.8, 4) is 22.9 Å². The Labute approximate surface area is 126 Å². The van der Waals surface area contributed by atoms with Crippen molar-refractivity contribution < 1.29 is 10.2 Å². The number of hydrogen-bond acceptors (Lipinski definition) is 3. The number of phenolic OH excluding ortho intramolecular Hbond substituents is 2. The first kappa shape index (κ1) is 12.5. The molecule has 1 fully saturated rings. The molecule has 4 rings (SSSR count). The van der Waals surface area contributed by atoms with E-state index < -0.39 is 0 Å². The number of rotatable bonds is 2. The van der Waals surface area contributed by atoms with Gasteiger partial charge >= 0.3 is 0 Å². The van der Waals surface area contributed by atoms with Gasteiger partial charge in [0.05, 0.1) is 21.6 Å². The first-order valence-electron chi connectivity index (χ1n) is 6.84. The molecule has 106 valence electrons. The average Bonchev–Trinajstić information content (AvgIpc) is 3.23. The molecule has 2 aromatic carbocycles. The van der Waals surface area contributed by atoms with E-state index in [-0.39, 0.29) is 11.5 Å². The van der Waals surface area contributed by atoms with Gasteiger partial charge in [0.1, 0.15) is 5.82 Å². The number of imidazole rings is 1. The topological polar surface area (TPSA) is 58.3 Å². The SMILES string of the molecule is Oc1cccc(-c2nc3cccc(Cl)c3n2C2CC2)c1O. The van der Waals surface area contributed by atoms with Crippen molar-refractivity contribution in [1.82, 2.24) is 9.55 Å².